The van der Waals surface area contributed by atoms with E-state index in [2.05, 4.69) is 41.5 Å². The van der Waals surface area contributed by atoms with Gasteiger partial charge in [0.1, 0.15) is 13.2 Å². The summed E-state index contributed by atoms with van der Waals surface area (Å²) in [5, 5.41) is 0. The smallest absolute Gasteiger partial charge is 0.306 e. The molecule has 0 aromatic heterocycles. The molecule has 0 spiro atoms. The summed E-state index contributed by atoms with van der Waals surface area (Å²) in [5.74, 6) is 1.67. The minimum absolute atomic E-state index is 0.0632. The van der Waals surface area contributed by atoms with Crippen LogP contribution in [0.1, 0.15) is 337 Å². The fraction of sp³-hybridized carbons (Fsp3) is 0.951. The predicted octanol–water partition coefficient (Wildman–Crippen LogP) is 19.9. The Morgan fingerprint density at radius 2 is 0.433 bits per heavy atom. The van der Waals surface area contributed by atoms with E-state index in [1.807, 2.05) is 0 Å². The molecule has 398 valence electrons. The van der Waals surface area contributed by atoms with E-state index < -0.39 is 6.10 Å². The van der Waals surface area contributed by atoms with Crippen LogP contribution in [0.2, 0.25) is 0 Å². The molecule has 0 aliphatic carbocycles. The van der Waals surface area contributed by atoms with Gasteiger partial charge in [0.25, 0.3) is 0 Å². The van der Waals surface area contributed by atoms with E-state index in [4.69, 9.17) is 14.2 Å². The minimum atomic E-state index is -0.764. The van der Waals surface area contributed by atoms with Gasteiger partial charge in [0.15, 0.2) is 6.10 Å². The molecule has 6 nitrogen and oxygen atoms in total. The van der Waals surface area contributed by atoms with Crippen LogP contribution < -0.4 is 0 Å². The molecule has 0 unspecified atom stereocenters. The molecule has 0 bridgehead atoms. The van der Waals surface area contributed by atoms with Gasteiger partial charge in [0.2, 0.25) is 0 Å². The van der Waals surface area contributed by atoms with Crippen molar-refractivity contribution in [1.82, 2.24) is 0 Å². The Bertz CT molecular complexity index is 1040. The first-order valence-corrected chi connectivity index (χ1v) is 30.1. The van der Waals surface area contributed by atoms with Crippen LogP contribution >= 0.6 is 0 Å². The molecular weight excluding hydrogens is 829 g/mol. The maximum Gasteiger partial charge on any atom is 0.306 e. The summed E-state index contributed by atoms with van der Waals surface area (Å²) >= 11 is 0. The summed E-state index contributed by atoms with van der Waals surface area (Å²) in [6.45, 7) is 13.8. The number of rotatable bonds is 54. The van der Waals surface area contributed by atoms with Gasteiger partial charge in [-0.15, -0.1) is 0 Å². The number of hydrogen-bond donors (Lipinski definition) is 0. The average Bonchev–Trinajstić information content (AvgIpc) is 3.29. The van der Waals surface area contributed by atoms with Gasteiger partial charge >= 0.3 is 17.9 Å². The Balaban J connectivity index is 4.28. The van der Waals surface area contributed by atoms with Crippen molar-refractivity contribution >= 4 is 17.9 Å². The van der Waals surface area contributed by atoms with Crippen LogP contribution in [0.5, 0.6) is 0 Å². The Hall–Kier alpha value is -1.59. The van der Waals surface area contributed by atoms with Crippen LogP contribution in [0, 0.1) is 17.8 Å². The summed E-state index contributed by atoms with van der Waals surface area (Å²) in [7, 11) is 0. The summed E-state index contributed by atoms with van der Waals surface area (Å²) in [4.78, 5) is 38.2. The third kappa shape index (κ3) is 55.2. The molecule has 0 N–H and O–H groups in total. The Morgan fingerprint density at radius 3 is 0.642 bits per heavy atom. The van der Waals surface area contributed by atoms with Gasteiger partial charge in [-0.3, -0.25) is 14.4 Å². The van der Waals surface area contributed by atoms with Gasteiger partial charge in [0, 0.05) is 19.3 Å². The zero-order valence-corrected chi connectivity index (χ0v) is 46.2. The quantitative estimate of drug-likeness (QED) is 0.0343. The van der Waals surface area contributed by atoms with Crippen molar-refractivity contribution < 1.29 is 28.6 Å². The molecule has 67 heavy (non-hydrogen) atoms. The molecule has 0 heterocycles. The van der Waals surface area contributed by atoms with Crippen LogP contribution in [-0.4, -0.2) is 37.2 Å². The highest BCUT2D eigenvalue weighted by atomic mass is 16.6. The highest BCUT2D eigenvalue weighted by molar-refractivity contribution is 5.71. The first-order valence-electron chi connectivity index (χ1n) is 30.1. The second-order valence-electron chi connectivity index (χ2n) is 22.4. The molecule has 0 fully saturated rings. The van der Waals surface area contributed by atoms with Gasteiger partial charge in [-0.05, 0) is 37.0 Å². The monoisotopic (exact) mass is 947 g/mol. The molecule has 0 radical (unpaired) electrons. The van der Waals surface area contributed by atoms with Crippen molar-refractivity contribution in [2.75, 3.05) is 13.2 Å². The van der Waals surface area contributed by atoms with E-state index in [1.165, 1.54) is 218 Å². The molecule has 0 aliphatic rings. The van der Waals surface area contributed by atoms with E-state index in [1.54, 1.807) is 0 Å². The highest BCUT2D eigenvalue weighted by Gasteiger charge is 2.19. The lowest BCUT2D eigenvalue weighted by Crippen LogP contribution is -2.30. The van der Waals surface area contributed by atoms with Crippen molar-refractivity contribution in [3.05, 3.63) is 0 Å². The molecule has 0 amide bonds. The van der Waals surface area contributed by atoms with Crippen molar-refractivity contribution in [3.8, 4) is 0 Å². The molecule has 0 aliphatic heterocycles. The Kier molecular flexibility index (Phi) is 51.0. The largest absolute Gasteiger partial charge is 0.462 e. The summed E-state index contributed by atoms with van der Waals surface area (Å²) in [6.07, 6.45) is 55.3. The lowest BCUT2D eigenvalue weighted by Gasteiger charge is -2.18. The summed E-state index contributed by atoms with van der Waals surface area (Å²) < 4.78 is 16.9. The number of hydrogen-bond acceptors (Lipinski definition) is 6. The second-order valence-corrected chi connectivity index (χ2v) is 22.4. The van der Waals surface area contributed by atoms with Gasteiger partial charge in [-0.1, -0.05) is 298 Å². The summed E-state index contributed by atoms with van der Waals surface area (Å²) in [6, 6.07) is 0. The van der Waals surface area contributed by atoms with Crippen molar-refractivity contribution in [2.45, 2.75) is 343 Å². The molecule has 0 aromatic rings. The first kappa shape index (κ1) is 65.4. The molecule has 0 saturated heterocycles. The zero-order valence-electron chi connectivity index (χ0n) is 46.2. The highest BCUT2D eigenvalue weighted by Crippen LogP contribution is 2.19. The number of unbranched alkanes of at least 4 members (excludes halogenated alkanes) is 37. The van der Waals surface area contributed by atoms with Gasteiger partial charge in [0.05, 0.1) is 0 Å². The zero-order chi connectivity index (χ0) is 49.1. The predicted molar refractivity (Wildman–Crippen MR) is 289 cm³/mol. The van der Waals surface area contributed by atoms with E-state index in [-0.39, 0.29) is 31.1 Å². The van der Waals surface area contributed by atoms with Crippen molar-refractivity contribution in [1.29, 1.82) is 0 Å². The first-order chi connectivity index (χ1) is 32.6. The van der Waals surface area contributed by atoms with E-state index in [9.17, 15) is 14.4 Å². The SMILES string of the molecule is CC(C)CCCCCCCCCCCCCCCCCC(=O)OC[C@@H](COC(=O)CCCCCCCCCCCCC(C)C)OC(=O)CCCCCCCCCCCCCCCCCC(C)C. The lowest BCUT2D eigenvalue weighted by molar-refractivity contribution is -0.167. The number of ether oxygens (including phenoxy) is 3. The van der Waals surface area contributed by atoms with Crippen molar-refractivity contribution in [3.63, 3.8) is 0 Å². The van der Waals surface area contributed by atoms with Gasteiger partial charge in [-0.25, -0.2) is 0 Å². The average molecular weight is 948 g/mol. The van der Waals surface area contributed by atoms with Crippen LogP contribution in [-0.2, 0) is 28.6 Å². The maximum atomic E-state index is 12.9. The molecule has 0 aromatic carbocycles. The molecule has 0 saturated carbocycles. The van der Waals surface area contributed by atoms with Gasteiger partial charge < -0.3 is 14.2 Å². The Morgan fingerprint density at radius 1 is 0.254 bits per heavy atom. The second kappa shape index (κ2) is 52.2. The van der Waals surface area contributed by atoms with Crippen LogP contribution in [0.3, 0.4) is 0 Å². The van der Waals surface area contributed by atoms with E-state index >= 15 is 0 Å². The van der Waals surface area contributed by atoms with Crippen LogP contribution in [0.15, 0.2) is 0 Å². The third-order valence-corrected chi connectivity index (χ3v) is 13.9. The van der Waals surface area contributed by atoms with E-state index in [0.29, 0.717) is 19.3 Å². The molecular formula is C61H118O6. The van der Waals surface area contributed by atoms with Crippen LogP contribution in [0.4, 0.5) is 0 Å². The van der Waals surface area contributed by atoms with Crippen LogP contribution in [0.25, 0.3) is 0 Å². The summed E-state index contributed by atoms with van der Waals surface area (Å²) in [5.41, 5.74) is 0. The lowest BCUT2D eigenvalue weighted by atomic mass is 10.0. The fourth-order valence-corrected chi connectivity index (χ4v) is 9.35. The number of carbonyl (C=O) groups is 3. The maximum absolute atomic E-state index is 12.9. The van der Waals surface area contributed by atoms with Gasteiger partial charge in [-0.2, -0.15) is 0 Å². The molecule has 0 rings (SSSR count). The third-order valence-electron chi connectivity index (χ3n) is 13.9. The minimum Gasteiger partial charge on any atom is -0.462 e. The molecule has 6 heteroatoms. The molecule has 1 atom stereocenters. The van der Waals surface area contributed by atoms with Crippen molar-refractivity contribution in [2.24, 2.45) is 17.8 Å². The number of esters is 3. The fourth-order valence-electron chi connectivity index (χ4n) is 9.35. The standard InChI is InChI=1S/C61H118O6/c1-55(2)47-41-35-29-23-17-13-9-7-11-15-19-26-32-38-44-50-59(62)65-53-58(54-66-60(63)51-45-39-33-27-22-21-25-31-37-43-49-57(5)6)67-61(64)52-46-40-34-28-20-16-12-8-10-14-18-24-30-36-42-48-56(3)4/h55-58H,7-54H2,1-6H3/t58-/m0/s1. The van der Waals surface area contributed by atoms with E-state index in [0.717, 1.165) is 75.5 Å². The topological polar surface area (TPSA) is 78.9 Å². The normalized spacial score (nSPS) is 12.1. The number of carbonyl (C=O) groups excluding carboxylic acids is 3. The Labute approximate surface area is 418 Å².